The van der Waals surface area contributed by atoms with Gasteiger partial charge in [-0.2, -0.15) is 0 Å². The average molecular weight is 506 g/mol. The lowest BCUT2D eigenvalue weighted by Gasteiger charge is -2.39. The molecular weight excluding hydrogens is 462 g/mol. The van der Waals surface area contributed by atoms with Crippen molar-refractivity contribution in [2.24, 2.45) is 5.92 Å². The van der Waals surface area contributed by atoms with Gasteiger partial charge in [-0.25, -0.2) is 4.98 Å². The van der Waals surface area contributed by atoms with E-state index >= 15 is 0 Å². The van der Waals surface area contributed by atoms with Crippen molar-refractivity contribution < 1.29 is 9.53 Å². The van der Waals surface area contributed by atoms with E-state index in [2.05, 4.69) is 65.6 Å². The van der Waals surface area contributed by atoms with Gasteiger partial charge in [0.15, 0.2) is 0 Å². The Labute approximate surface area is 222 Å². The molecule has 5 rings (SSSR count). The van der Waals surface area contributed by atoms with E-state index in [-0.39, 0.29) is 5.91 Å². The first-order valence-corrected chi connectivity index (χ1v) is 14.2. The van der Waals surface area contributed by atoms with Crippen molar-refractivity contribution >= 4 is 11.7 Å². The van der Waals surface area contributed by atoms with Crippen molar-refractivity contribution in [3.63, 3.8) is 0 Å². The minimum atomic E-state index is 0.0182. The van der Waals surface area contributed by atoms with Gasteiger partial charge in [0.05, 0.1) is 11.3 Å². The number of hydrogen-bond acceptors (Lipinski definition) is 6. The zero-order valence-electron chi connectivity index (χ0n) is 22.8. The van der Waals surface area contributed by atoms with Crippen LogP contribution in [0.4, 0.5) is 5.82 Å². The van der Waals surface area contributed by atoms with E-state index in [1.54, 1.807) is 0 Å². The van der Waals surface area contributed by atoms with Gasteiger partial charge >= 0.3 is 0 Å². The topological polar surface area (TPSA) is 69.7 Å². The second-order valence-electron chi connectivity index (χ2n) is 11.4. The maximum Gasteiger partial charge on any atom is 0.251 e. The molecule has 0 bridgehead atoms. The smallest absolute Gasteiger partial charge is 0.251 e. The van der Waals surface area contributed by atoms with Crippen LogP contribution in [0.1, 0.15) is 67.4 Å². The molecule has 1 saturated carbocycles. The van der Waals surface area contributed by atoms with E-state index in [1.165, 1.54) is 24.8 Å². The summed E-state index contributed by atoms with van der Waals surface area (Å²) in [6.07, 6.45) is 6.04. The van der Waals surface area contributed by atoms with E-state index in [4.69, 9.17) is 9.72 Å². The van der Waals surface area contributed by atoms with Crippen LogP contribution in [0.5, 0.6) is 0 Å². The van der Waals surface area contributed by atoms with Gasteiger partial charge in [0, 0.05) is 69.1 Å². The monoisotopic (exact) mass is 505 g/mol. The van der Waals surface area contributed by atoms with Crippen LogP contribution in [0.3, 0.4) is 0 Å². The van der Waals surface area contributed by atoms with Crippen molar-refractivity contribution in [1.82, 2.24) is 20.5 Å². The molecule has 2 fully saturated rings. The van der Waals surface area contributed by atoms with Gasteiger partial charge in [0.1, 0.15) is 5.82 Å². The molecule has 200 valence electrons. The standard InChI is InChI=1S/C30H43N5O2/c1-21(2)35-20-27-26(30(36)32-18-22-10-14-37-15-11-22)17-28(33-29(27)35)24-7-4-6-23(16-24)19-34(3)13-12-31-25-8-5-9-25/h4,6-7,16-17,21-22,25,31H,5,8-15,18-20H2,1-3H3,(H,32,36). The quantitative estimate of drug-likeness (QED) is 0.477. The number of amides is 1. The minimum absolute atomic E-state index is 0.0182. The van der Waals surface area contributed by atoms with Gasteiger partial charge in [-0.05, 0) is 70.2 Å². The summed E-state index contributed by atoms with van der Waals surface area (Å²) in [7, 11) is 2.18. The first-order chi connectivity index (χ1) is 18.0. The van der Waals surface area contributed by atoms with Crippen LogP contribution in [0.25, 0.3) is 11.3 Å². The highest BCUT2D eigenvalue weighted by Crippen LogP contribution is 2.38. The number of pyridine rings is 1. The second kappa shape index (κ2) is 11.9. The molecule has 2 aromatic rings. The largest absolute Gasteiger partial charge is 0.381 e. The second-order valence-corrected chi connectivity index (χ2v) is 11.4. The Kier molecular flexibility index (Phi) is 8.43. The minimum Gasteiger partial charge on any atom is -0.381 e. The summed E-state index contributed by atoms with van der Waals surface area (Å²) in [6, 6.07) is 11.7. The normalized spacial score (nSPS) is 18.0. The summed E-state index contributed by atoms with van der Waals surface area (Å²) in [6.45, 7) is 10.4. The van der Waals surface area contributed by atoms with Crippen molar-refractivity contribution in [2.45, 2.75) is 71.1 Å². The average Bonchev–Trinajstić information content (AvgIpc) is 2.85. The SMILES string of the molecule is CC(C)N1Cc2c(C(=O)NCC3CCOCC3)cc(-c3cccc(CN(C)CCNC4CCC4)c3)nc21. The zero-order chi connectivity index (χ0) is 25.8. The number of carbonyl (C=O) groups excluding carboxylic acids is 1. The van der Waals surface area contributed by atoms with Crippen molar-refractivity contribution in [3.05, 3.63) is 47.0 Å². The van der Waals surface area contributed by atoms with E-state index in [9.17, 15) is 4.79 Å². The third-order valence-corrected chi connectivity index (χ3v) is 8.17. The summed E-state index contributed by atoms with van der Waals surface area (Å²) in [5.74, 6) is 1.47. The molecule has 1 aromatic heterocycles. The Hall–Kier alpha value is -2.48. The molecule has 2 N–H and O–H groups in total. The van der Waals surface area contributed by atoms with Crippen molar-refractivity contribution in [3.8, 4) is 11.3 Å². The number of aromatic nitrogens is 1. The number of nitrogens with zero attached hydrogens (tertiary/aromatic N) is 3. The van der Waals surface area contributed by atoms with Crippen LogP contribution in [-0.4, -0.2) is 67.8 Å². The highest BCUT2D eigenvalue weighted by atomic mass is 16.5. The van der Waals surface area contributed by atoms with Crippen molar-refractivity contribution in [1.29, 1.82) is 0 Å². The number of nitrogens with one attached hydrogen (secondary N) is 2. The summed E-state index contributed by atoms with van der Waals surface area (Å²) < 4.78 is 5.47. The molecule has 0 radical (unpaired) electrons. The number of benzene rings is 1. The number of likely N-dealkylation sites (N-methyl/N-ethyl adjacent to an activating group) is 1. The van der Waals surface area contributed by atoms with E-state index < -0.39 is 0 Å². The van der Waals surface area contributed by atoms with E-state index in [0.717, 1.165) is 86.5 Å². The molecule has 1 saturated heterocycles. The zero-order valence-corrected chi connectivity index (χ0v) is 22.8. The number of carbonyl (C=O) groups is 1. The number of ether oxygens (including phenoxy) is 1. The van der Waals surface area contributed by atoms with Gasteiger partial charge in [0.2, 0.25) is 0 Å². The highest BCUT2D eigenvalue weighted by molar-refractivity contribution is 5.99. The maximum atomic E-state index is 13.3. The molecular formula is C30H43N5O2. The van der Waals surface area contributed by atoms with Gasteiger partial charge in [-0.1, -0.05) is 24.6 Å². The van der Waals surface area contributed by atoms with Gasteiger partial charge < -0.3 is 25.2 Å². The Morgan fingerprint density at radius 2 is 2.00 bits per heavy atom. The maximum absolute atomic E-state index is 13.3. The Balaban J connectivity index is 1.30. The van der Waals surface area contributed by atoms with E-state index in [1.807, 2.05) is 6.07 Å². The molecule has 1 amide bonds. The van der Waals surface area contributed by atoms with Gasteiger partial charge in [-0.3, -0.25) is 4.79 Å². The summed E-state index contributed by atoms with van der Waals surface area (Å²) in [5, 5.41) is 6.86. The molecule has 0 spiro atoms. The summed E-state index contributed by atoms with van der Waals surface area (Å²) >= 11 is 0. The van der Waals surface area contributed by atoms with Crippen LogP contribution >= 0.6 is 0 Å². The lowest BCUT2D eigenvalue weighted by molar-refractivity contribution is 0.0642. The molecule has 3 heterocycles. The summed E-state index contributed by atoms with van der Waals surface area (Å²) in [4.78, 5) is 23.0. The number of rotatable bonds is 11. The fourth-order valence-electron chi connectivity index (χ4n) is 5.46. The predicted octanol–water partition coefficient (Wildman–Crippen LogP) is 4.21. The van der Waals surface area contributed by atoms with Crippen LogP contribution in [0.2, 0.25) is 0 Å². The Morgan fingerprint density at radius 3 is 2.73 bits per heavy atom. The lowest BCUT2D eigenvalue weighted by atomic mass is 9.93. The molecule has 7 heteroatoms. The molecule has 0 unspecified atom stereocenters. The van der Waals surface area contributed by atoms with Gasteiger partial charge in [0.25, 0.3) is 5.91 Å². The molecule has 37 heavy (non-hydrogen) atoms. The van der Waals surface area contributed by atoms with Crippen molar-refractivity contribution in [2.75, 3.05) is 44.8 Å². The van der Waals surface area contributed by atoms with Crippen LogP contribution in [0.15, 0.2) is 30.3 Å². The highest BCUT2D eigenvalue weighted by Gasteiger charge is 2.32. The first kappa shape index (κ1) is 26.1. The lowest BCUT2D eigenvalue weighted by Crippen LogP contribution is -2.42. The molecule has 1 aromatic carbocycles. The Morgan fingerprint density at radius 1 is 1.19 bits per heavy atom. The fraction of sp³-hybridized carbons (Fsp3) is 0.600. The van der Waals surface area contributed by atoms with E-state index in [0.29, 0.717) is 18.5 Å². The number of fused-ring (bicyclic) bond motifs is 1. The van der Waals surface area contributed by atoms with Gasteiger partial charge in [-0.15, -0.1) is 0 Å². The molecule has 2 aliphatic heterocycles. The van der Waals surface area contributed by atoms with Crippen LogP contribution in [-0.2, 0) is 17.8 Å². The number of anilines is 1. The third-order valence-electron chi connectivity index (χ3n) is 8.17. The van der Waals surface area contributed by atoms with Crippen LogP contribution < -0.4 is 15.5 Å². The third kappa shape index (κ3) is 6.33. The first-order valence-electron chi connectivity index (χ1n) is 14.2. The molecule has 0 atom stereocenters. The Bertz CT molecular complexity index is 1080. The molecule has 3 aliphatic rings. The molecule has 7 nitrogen and oxygen atoms in total. The van der Waals surface area contributed by atoms with Crippen LogP contribution in [0, 0.1) is 5.92 Å². The predicted molar refractivity (Wildman–Crippen MR) is 149 cm³/mol. The molecule has 1 aliphatic carbocycles. The number of hydrogen-bond donors (Lipinski definition) is 2. The summed E-state index contributed by atoms with van der Waals surface area (Å²) in [5.41, 5.74) is 5.04. The fourth-order valence-corrected chi connectivity index (χ4v) is 5.46.